The Balaban J connectivity index is 1.81. The minimum atomic E-state index is -0.329. The van der Waals surface area contributed by atoms with Crippen LogP contribution < -0.4 is 0 Å². The van der Waals surface area contributed by atoms with Gasteiger partial charge in [0.05, 0.1) is 5.69 Å². The molecule has 0 radical (unpaired) electrons. The lowest BCUT2D eigenvalue weighted by Gasteiger charge is -2.08. The van der Waals surface area contributed by atoms with Crippen molar-refractivity contribution < 1.29 is 9.90 Å². The molecule has 0 bridgehead atoms. The molecule has 3 rings (SSSR count). The van der Waals surface area contributed by atoms with Crippen LogP contribution in [0.3, 0.4) is 0 Å². The number of carbonyl (C=O) groups is 1. The van der Waals surface area contributed by atoms with Crippen LogP contribution in [0.15, 0.2) is 48.7 Å². The van der Waals surface area contributed by atoms with E-state index in [-0.39, 0.29) is 17.4 Å². The van der Waals surface area contributed by atoms with Gasteiger partial charge in [-0.15, -0.1) is 10.2 Å². The zero-order valence-electron chi connectivity index (χ0n) is 12.5. The highest BCUT2D eigenvalue weighted by molar-refractivity contribution is 6.06. The van der Waals surface area contributed by atoms with Crippen molar-refractivity contribution in [2.24, 2.45) is 0 Å². The molecule has 0 saturated carbocycles. The van der Waals surface area contributed by atoms with Crippen LogP contribution in [0.4, 0.5) is 0 Å². The molecule has 0 aliphatic carbocycles. The molecule has 0 aliphatic heterocycles. The number of allylic oxidation sites excluding steroid dienone is 1. The smallest absolute Gasteiger partial charge is 0.239 e. The number of hydrogen-bond donors (Lipinski definition) is 2. The molecule has 0 amide bonds. The third-order valence-corrected chi connectivity index (χ3v) is 3.40. The van der Waals surface area contributed by atoms with Gasteiger partial charge in [0.15, 0.2) is 5.76 Å². The highest BCUT2D eigenvalue weighted by Crippen LogP contribution is 2.12. The average Bonchev–Trinajstić information content (AvgIpc) is 3.20. The van der Waals surface area contributed by atoms with Crippen molar-refractivity contribution in [3.63, 3.8) is 0 Å². The molecule has 0 fully saturated rings. The minimum Gasteiger partial charge on any atom is -0.504 e. The van der Waals surface area contributed by atoms with Crippen molar-refractivity contribution in [1.82, 2.24) is 25.2 Å². The number of aromatic nitrogens is 5. The summed E-state index contributed by atoms with van der Waals surface area (Å²) in [7, 11) is 0. The predicted octanol–water partition coefficient (Wildman–Crippen LogP) is 2.14. The standard InChI is InChI=1S/C16H15N5O2/c1-11-4-6-12(7-5-11)10-21-8-2-3-13(21)14(22)9-15(23)16-17-19-20-18-16/h2-9,23H,10H2,1H3,(H,17,18,19,20). The molecule has 3 aromatic rings. The van der Waals surface area contributed by atoms with Gasteiger partial charge in [-0.2, -0.15) is 5.21 Å². The molecule has 0 unspecified atom stereocenters. The zero-order valence-corrected chi connectivity index (χ0v) is 12.5. The first-order chi connectivity index (χ1) is 11.1. The predicted molar refractivity (Wildman–Crippen MR) is 83.8 cm³/mol. The number of rotatable bonds is 5. The van der Waals surface area contributed by atoms with Crippen LogP contribution in [0.5, 0.6) is 0 Å². The van der Waals surface area contributed by atoms with Gasteiger partial charge in [0.2, 0.25) is 11.6 Å². The number of hydrogen-bond acceptors (Lipinski definition) is 5. The van der Waals surface area contributed by atoms with Crippen molar-refractivity contribution in [3.05, 3.63) is 71.3 Å². The van der Waals surface area contributed by atoms with E-state index in [1.54, 1.807) is 12.1 Å². The highest BCUT2D eigenvalue weighted by atomic mass is 16.3. The number of nitrogens with zero attached hydrogens (tertiary/aromatic N) is 4. The van der Waals surface area contributed by atoms with E-state index < -0.39 is 0 Å². The molecule has 0 saturated heterocycles. The first-order valence-corrected chi connectivity index (χ1v) is 7.03. The van der Waals surface area contributed by atoms with E-state index in [1.165, 1.54) is 5.56 Å². The molecule has 1 aromatic carbocycles. The fourth-order valence-corrected chi connectivity index (χ4v) is 2.20. The van der Waals surface area contributed by atoms with Gasteiger partial charge in [-0.25, -0.2) is 0 Å². The third-order valence-electron chi connectivity index (χ3n) is 3.40. The molecular formula is C16H15N5O2. The van der Waals surface area contributed by atoms with Gasteiger partial charge in [0.25, 0.3) is 0 Å². The Kier molecular flexibility index (Phi) is 4.01. The summed E-state index contributed by atoms with van der Waals surface area (Å²) in [6.07, 6.45) is 2.91. The van der Waals surface area contributed by atoms with Crippen molar-refractivity contribution in [2.45, 2.75) is 13.5 Å². The molecule has 7 nitrogen and oxygen atoms in total. The summed E-state index contributed by atoms with van der Waals surface area (Å²) in [6.45, 7) is 2.60. The number of aliphatic hydroxyl groups excluding tert-OH is 1. The van der Waals surface area contributed by atoms with E-state index in [1.807, 2.05) is 42.0 Å². The van der Waals surface area contributed by atoms with Crippen molar-refractivity contribution >= 4 is 11.5 Å². The molecule has 0 spiro atoms. The van der Waals surface area contributed by atoms with Crippen LogP contribution in [0.2, 0.25) is 0 Å². The van der Waals surface area contributed by atoms with E-state index in [0.29, 0.717) is 12.2 Å². The second kappa shape index (κ2) is 6.27. The largest absolute Gasteiger partial charge is 0.504 e. The monoisotopic (exact) mass is 309 g/mol. The Morgan fingerprint density at radius 3 is 2.78 bits per heavy atom. The number of benzene rings is 1. The summed E-state index contributed by atoms with van der Waals surface area (Å²) in [6, 6.07) is 11.6. The van der Waals surface area contributed by atoms with E-state index in [2.05, 4.69) is 20.6 Å². The van der Waals surface area contributed by atoms with Gasteiger partial charge in [-0.1, -0.05) is 29.8 Å². The Bertz CT molecular complexity index is 832. The second-order valence-electron chi connectivity index (χ2n) is 5.14. The van der Waals surface area contributed by atoms with Crippen LogP contribution in [0.1, 0.15) is 27.4 Å². The van der Waals surface area contributed by atoms with E-state index in [4.69, 9.17) is 0 Å². The number of ketones is 1. The molecular weight excluding hydrogens is 294 g/mol. The Morgan fingerprint density at radius 1 is 1.30 bits per heavy atom. The average molecular weight is 309 g/mol. The van der Waals surface area contributed by atoms with Crippen LogP contribution >= 0.6 is 0 Å². The Hall–Kier alpha value is -3.22. The summed E-state index contributed by atoms with van der Waals surface area (Å²) in [5.41, 5.74) is 2.75. The molecule has 0 atom stereocenters. The maximum Gasteiger partial charge on any atom is 0.239 e. The van der Waals surface area contributed by atoms with Gasteiger partial charge < -0.3 is 9.67 Å². The maximum absolute atomic E-state index is 12.3. The molecule has 0 aliphatic rings. The van der Waals surface area contributed by atoms with Gasteiger partial charge in [-0.05, 0) is 29.8 Å². The summed E-state index contributed by atoms with van der Waals surface area (Å²) in [5, 5.41) is 22.6. The molecule has 2 aromatic heterocycles. The van der Waals surface area contributed by atoms with Crippen LogP contribution in [0, 0.1) is 6.92 Å². The van der Waals surface area contributed by atoms with Gasteiger partial charge in [-0.3, -0.25) is 4.79 Å². The zero-order chi connectivity index (χ0) is 16.2. The first kappa shape index (κ1) is 14.7. The van der Waals surface area contributed by atoms with Gasteiger partial charge >= 0.3 is 0 Å². The molecule has 2 N–H and O–H groups in total. The SMILES string of the molecule is Cc1ccc(Cn2cccc2C(=O)C=C(O)c2nn[nH]n2)cc1. The molecule has 2 heterocycles. The first-order valence-electron chi connectivity index (χ1n) is 7.03. The van der Waals surface area contributed by atoms with Crippen LogP contribution in [-0.4, -0.2) is 36.1 Å². The van der Waals surface area contributed by atoms with Gasteiger partial charge in [0, 0.05) is 18.8 Å². The normalized spacial score (nSPS) is 11.6. The molecule has 23 heavy (non-hydrogen) atoms. The number of carbonyl (C=O) groups excluding carboxylic acids is 1. The van der Waals surface area contributed by atoms with Crippen molar-refractivity contribution in [1.29, 1.82) is 0 Å². The van der Waals surface area contributed by atoms with Crippen molar-refractivity contribution in [2.75, 3.05) is 0 Å². The third kappa shape index (κ3) is 3.34. The fourth-order valence-electron chi connectivity index (χ4n) is 2.20. The minimum absolute atomic E-state index is 0.0185. The van der Waals surface area contributed by atoms with Gasteiger partial charge in [0.1, 0.15) is 0 Å². The lowest BCUT2D eigenvalue weighted by Crippen LogP contribution is -2.08. The highest BCUT2D eigenvalue weighted by Gasteiger charge is 2.12. The van der Waals surface area contributed by atoms with Crippen molar-refractivity contribution in [3.8, 4) is 0 Å². The second-order valence-corrected chi connectivity index (χ2v) is 5.14. The lowest BCUT2D eigenvalue weighted by atomic mass is 10.1. The number of tetrazole rings is 1. The number of aryl methyl sites for hydroxylation is 1. The summed E-state index contributed by atoms with van der Waals surface area (Å²) in [5.74, 6) is -0.675. The Labute approximate surface area is 132 Å². The molecule has 116 valence electrons. The van der Waals surface area contributed by atoms with Crippen LogP contribution in [-0.2, 0) is 6.54 Å². The summed E-state index contributed by atoms with van der Waals surface area (Å²) >= 11 is 0. The van der Waals surface area contributed by atoms with E-state index >= 15 is 0 Å². The van der Waals surface area contributed by atoms with E-state index in [9.17, 15) is 9.90 Å². The number of aliphatic hydroxyl groups is 1. The van der Waals surface area contributed by atoms with E-state index in [0.717, 1.165) is 11.6 Å². The van der Waals surface area contributed by atoms with Crippen LogP contribution in [0.25, 0.3) is 5.76 Å². The lowest BCUT2D eigenvalue weighted by molar-refractivity contribution is 0.103. The number of H-pyrrole nitrogens is 1. The number of nitrogens with one attached hydrogen (secondary N) is 1. The Morgan fingerprint density at radius 2 is 2.09 bits per heavy atom. The summed E-state index contributed by atoms with van der Waals surface area (Å²) in [4.78, 5) is 12.3. The maximum atomic E-state index is 12.3. The number of aromatic amines is 1. The summed E-state index contributed by atoms with van der Waals surface area (Å²) < 4.78 is 1.83. The fraction of sp³-hybridized carbons (Fsp3) is 0.125. The molecule has 7 heteroatoms. The quantitative estimate of drug-likeness (QED) is 0.427. The topological polar surface area (TPSA) is 96.7 Å².